The zero-order valence-corrected chi connectivity index (χ0v) is 14.1. The van der Waals surface area contributed by atoms with Gasteiger partial charge in [0.2, 0.25) is 0 Å². The number of nitrogens with one attached hydrogen (secondary N) is 2. The average Bonchev–Trinajstić information content (AvgIpc) is 2.96. The molecule has 0 radical (unpaired) electrons. The van der Waals surface area contributed by atoms with Crippen molar-refractivity contribution in [3.05, 3.63) is 24.3 Å². The summed E-state index contributed by atoms with van der Waals surface area (Å²) >= 11 is 0. The molecule has 3 rings (SSSR count). The Morgan fingerprint density at radius 3 is 2.60 bits per heavy atom. The molecular weight excluding hydrogens is 333 g/mol. The van der Waals surface area contributed by atoms with Crippen molar-refractivity contribution in [3.8, 4) is 5.75 Å². The van der Waals surface area contributed by atoms with E-state index < -0.39 is 6.36 Å². The van der Waals surface area contributed by atoms with E-state index in [1.165, 1.54) is 31.4 Å². The van der Waals surface area contributed by atoms with Gasteiger partial charge < -0.3 is 20.3 Å². The molecule has 1 aromatic carbocycles. The Kier molecular flexibility index (Phi) is 5.24. The first-order valence-electron chi connectivity index (χ1n) is 8.53. The average molecular weight is 356 g/mol. The molecule has 0 amide bonds. The molecule has 1 saturated heterocycles. The van der Waals surface area contributed by atoms with Gasteiger partial charge in [-0.15, -0.1) is 13.2 Å². The Bertz CT molecular complexity index is 616. The number of hydrogen-bond donors (Lipinski definition) is 2. The molecular formula is C17H23F3N4O. The van der Waals surface area contributed by atoms with Crippen molar-refractivity contribution in [3.63, 3.8) is 0 Å². The van der Waals surface area contributed by atoms with Crippen LogP contribution >= 0.6 is 0 Å². The molecule has 2 fully saturated rings. The highest BCUT2D eigenvalue weighted by molar-refractivity contribution is 5.80. The van der Waals surface area contributed by atoms with Crippen molar-refractivity contribution in [1.29, 1.82) is 0 Å². The summed E-state index contributed by atoms with van der Waals surface area (Å²) in [4.78, 5) is 6.31. The molecule has 5 nitrogen and oxygen atoms in total. The third kappa shape index (κ3) is 4.93. The van der Waals surface area contributed by atoms with E-state index >= 15 is 0 Å². The van der Waals surface area contributed by atoms with E-state index in [0.29, 0.717) is 12.6 Å². The molecule has 1 aliphatic carbocycles. The molecule has 0 aromatic heterocycles. The van der Waals surface area contributed by atoms with Crippen molar-refractivity contribution in [2.45, 2.75) is 44.1 Å². The van der Waals surface area contributed by atoms with Gasteiger partial charge in [-0.3, -0.25) is 4.99 Å². The Hall–Kier alpha value is -2.12. The van der Waals surface area contributed by atoms with E-state index in [1.807, 2.05) is 0 Å². The molecule has 2 aliphatic rings. The van der Waals surface area contributed by atoms with Crippen LogP contribution in [-0.2, 0) is 0 Å². The molecule has 1 saturated carbocycles. The van der Waals surface area contributed by atoms with Crippen LogP contribution < -0.4 is 20.3 Å². The van der Waals surface area contributed by atoms with Gasteiger partial charge in [0.1, 0.15) is 5.75 Å². The summed E-state index contributed by atoms with van der Waals surface area (Å²) in [6.07, 6.45) is -0.182. The summed E-state index contributed by atoms with van der Waals surface area (Å²) in [6, 6.07) is 6.82. The second-order valence-electron chi connectivity index (χ2n) is 6.47. The van der Waals surface area contributed by atoms with Crippen LogP contribution in [0.5, 0.6) is 5.75 Å². The number of halogens is 3. The van der Waals surface area contributed by atoms with Crippen molar-refractivity contribution in [2.75, 3.05) is 25.0 Å². The van der Waals surface area contributed by atoms with Gasteiger partial charge in [0, 0.05) is 44.0 Å². The summed E-state index contributed by atoms with van der Waals surface area (Å²) in [6.45, 7) is 1.48. The fourth-order valence-electron chi connectivity index (χ4n) is 3.10. The van der Waals surface area contributed by atoms with E-state index in [4.69, 9.17) is 0 Å². The molecule has 1 atom stereocenters. The zero-order valence-electron chi connectivity index (χ0n) is 14.1. The predicted molar refractivity (Wildman–Crippen MR) is 91.0 cm³/mol. The van der Waals surface area contributed by atoms with Gasteiger partial charge in [0.25, 0.3) is 0 Å². The lowest BCUT2D eigenvalue weighted by molar-refractivity contribution is -0.274. The maximum atomic E-state index is 12.4. The lowest BCUT2D eigenvalue weighted by Crippen LogP contribution is -2.50. The molecule has 1 aromatic rings. The lowest BCUT2D eigenvalue weighted by atomic mass is 9.93. The topological polar surface area (TPSA) is 48.9 Å². The van der Waals surface area contributed by atoms with Crippen molar-refractivity contribution < 1.29 is 17.9 Å². The Labute approximate surface area is 145 Å². The SMILES string of the molecule is CN=C(NC1CCC1)NC1CCN(c2cccc(OC(F)(F)F)c2)C1. The summed E-state index contributed by atoms with van der Waals surface area (Å²) < 4.78 is 41.1. The predicted octanol–water partition coefficient (Wildman–Crippen LogP) is 2.88. The Morgan fingerprint density at radius 1 is 1.20 bits per heavy atom. The summed E-state index contributed by atoms with van der Waals surface area (Å²) in [5.41, 5.74) is 0.730. The highest BCUT2D eigenvalue weighted by Gasteiger charge is 2.31. The first-order chi connectivity index (χ1) is 11.9. The third-order valence-corrected chi connectivity index (χ3v) is 4.62. The largest absolute Gasteiger partial charge is 0.573 e. The van der Waals surface area contributed by atoms with E-state index in [1.54, 1.807) is 19.2 Å². The van der Waals surface area contributed by atoms with Gasteiger partial charge in [-0.25, -0.2) is 0 Å². The second kappa shape index (κ2) is 7.41. The number of aliphatic imine (C=N–C) groups is 1. The van der Waals surface area contributed by atoms with Gasteiger partial charge in [-0.2, -0.15) is 0 Å². The first-order valence-corrected chi connectivity index (χ1v) is 8.53. The van der Waals surface area contributed by atoms with Crippen LogP contribution in [-0.4, -0.2) is 44.5 Å². The van der Waals surface area contributed by atoms with E-state index in [2.05, 4.69) is 25.3 Å². The van der Waals surface area contributed by atoms with Gasteiger partial charge in [0.15, 0.2) is 5.96 Å². The molecule has 8 heteroatoms. The number of alkyl halides is 3. The number of ether oxygens (including phenoxy) is 1. The van der Waals surface area contributed by atoms with Gasteiger partial charge in [0.05, 0.1) is 0 Å². The third-order valence-electron chi connectivity index (χ3n) is 4.62. The van der Waals surface area contributed by atoms with Crippen molar-refractivity contribution in [2.24, 2.45) is 4.99 Å². The summed E-state index contributed by atoms with van der Waals surface area (Å²) in [7, 11) is 1.75. The number of hydrogen-bond acceptors (Lipinski definition) is 3. The first kappa shape index (κ1) is 17.7. The zero-order chi connectivity index (χ0) is 17.9. The maximum Gasteiger partial charge on any atom is 0.573 e. The van der Waals surface area contributed by atoms with Crippen LogP contribution in [0.15, 0.2) is 29.3 Å². The molecule has 2 N–H and O–H groups in total. The summed E-state index contributed by atoms with van der Waals surface area (Å²) in [5.74, 6) is 0.606. The van der Waals surface area contributed by atoms with Crippen LogP contribution in [0.25, 0.3) is 0 Å². The van der Waals surface area contributed by atoms with E-state index in [-0.39, 0.29) is 11.8 Å². The molecule has 1 heterocycles. The van der Waals surface area contributed by atoms with Crippen molar-refractivity contribution >= 4 is 11.6 Å². The molecule has 1 unspecified atom stereocenters. The maximum absolute atomic E-state index is 12.4. The number of anilines is 1. The number of benzene rings is 1. The smallest absolute Gasteiger partial charge is 0.406 e. The second-order valence-corrected chi connectivity index (χ2v) is 6.47. The van der Waals surface area contributed by atoms with Crippen LogP contribution in [0.1, 0.15) is 25.7 Å². The monoisotopic (exact) mass is 356 g/mol. The van der Waals surface area contributed by atoms with Crippen molar-refractivity contribution in [1.82, 2.24) is 10.6 Å². The number of rotatable bonds is 4. The van der Waals surface area contributed by atoms with Gasteiger partial charge in [-0.05, 0) is 37.8 Å². The minimum Gasteiger partial charge on any atom is -0.406 e. The lowest BCUT2D eigenvalue weighted by Gasteiger charge is -2.29. The number of guanidine groups is 1. The van der Waals surface area contributed by atoms with Gasteiger partial charge >= 0.3 is 6.36 Å². The Balaban J connectivity index is 1.56. The molecule has 0 bridgehead atoms. The minimum atomic E-state index is -4.67. The highest BCUT2D eigenvalue weighted by atomic mass is 19.4. The fraction of sp³-hybridized carbons (Fsp3) is 0.588. The van der Waals surface area contributed by atoms with E-state index in [9.17, 15) is 13.2 Å². The molecule has 138 valence electrons. The van der Waals surface area contributed by atoms with Crippen LogP contribution in [0.3, 0.4) is 0 Å². The molecule has 0 spiro atoms. The standard InChI is InChI=1S/C17H23F3N4O/c1-21-16(22-12-4-2-5-12)23-13-8-9-24(11-13)14-6-3-7-15(10-14)25-17(18,19)20/h3,6-7,10,12-13H,2,4-5,8-9,11H2,1H3,(H2,21,22,23). The van der Waals surface area contributed by atoms with E-state index in [0.717, 1.165) is 24.6 Å². The summed E-state index contributed by atoms with van der Waals surface area (Å²) in [5, 5.41) is 6.80. The quantitative estimate of drug-likeness (QED) is 0.643. The fourth-order valence-corrected chi connectivity index (χ4v) is 3.10. The Morgan fingerprint density at radius 2 is 1.96 bits per heavy atom. The highest BCUT2D eigenvalue weighted by Crippen LogP contribution is 2.28. The van der Waals surface area contributed by atoms with Crippen LogP contribution in [0.4, 0.5) is 18.9 Å². The van der Waals surface area contributed by atoms with Crippen LogP contribution in [0.2, 0.25) is 0 Å². The molecule has 1 aliphatic heterocycles. The van der Waals surface area contributed by atoms with Gasteiger partial charge in [-0.1, -0.05) is 6.07 Å². The number of nitrogens with zero attached hydrogens (tertiary/aromatic N) is 2. The minimum absolute atomic E-state index is 0.191. The normalized spacial score (nSPS) is 21.8. The van der Waals surface area contributed by atoms with Crippen LogP contribution in [0, 0.1) is 0 Å². The molecule has 25 heavy (non-hydrogen) atoms.